The van der Waals surface area contributed by atoms with E-state index in [1.54, 1.807) is 12.4 Å². The fourth-order valence-electron chi connectivity index (χ4n) is 2.02. The molecule has 2 N–H and O–H groups in total. The lowest BCUT2D eigenvalue weighted by molar-refractivity contribution is 0.504. The third kappa shape index (κ3) is 3.86. The average Bonchev–Trinajstić information content (AvgIpc) is 2.87. The first kappa shape index (κ1) is 13.7. The highest BCUT2D eigenvalue weighted by Gasteiger charge is 2.14. The topological polar surface area (TPSA) is 40.7 Å². The van der Waals surface area contributed by atoms with Gasteiger partial charge in [0.05, 0.1) is 6.04 Å². The second kappa shape index (κ2) is 6.43. The number of benzene rings is 1. The van der Waals surface area contributed by atoms with Crippen LogP contribution < -0.4 is 5.32 Å². The second-order valence-corrected chi connectivity index (χ2v) is 4.46. The Labute approximate surface area is 111 Å². The van der Waals surface area contributed by atoms with Crippen LogP contribution in [-0.2, 0) is 6.42 Å². The van der Waals surface area contributed by atoms with Crippen molar-refractivity contribution in [2.75, 3.05) is 6.54 Å². The van der Waals surface area contributed by atoms with E-state index >= 15 is 0 Å². The molecule has 0 spiro atoms. The zero-order chi connectivity index (χ0) is 13.7. The molecule has 1 heterocycles. The molecule has 2 rings (SSSR count). The molecule has 19 heavy (non-hydrogen) atoms. The van der Waals surface area contributed by atoms with E-state index in [9.17, 15) is 8.78 Å². The van der Waals surface area contributed by atoms with Gasteiger partial charge in [0.1, 0.15) is 17.5 Å². The van der Waals surface area contributed by atoms with Gasteiger partial charge in [0.25, 0.3) is 0 Å². The number of nitrogens with zero attached hydrogens (tertiary/aromatic N) is 1. The van der Waals surface area contributed by atoms with E-state index in [4.69, 9.17) is 0 Å². The van der Waals surface area contributed by atoms with Gasteiger partial charge in [-0.3, -0.25) is 0 Å². The Balaban J connectivity index is 2.15. The summed E-state index contributed by atoms with van der Waals surface area (Å²) < 4.78 is 26.4. The fourth-order valence-corrected chi connectivity index (χ4v) is 2.02. The summed E-state index contributed by atoms with van der Waals surface area (Å²) in [4.78, 5) is 7.24. The second-order valence-electron chi connectivity index (χ2n) is 4.46. The molecule has 1 unspecified atom stereocenters. The molecule has 0 bridgehead atoms. The largest absolute Gasteiger partial charge is 0.347 e. The summed E-state index contributed by atoms with van der Waals surface area (Å²) >= 11 is 0. The Morgan fingerprint density at radius 2 is 2.00 bits per heavy atom. The summed E-state index contributed by atoms with van der Waals surface area (Å²) in [6.45, 7) is 2.89. The SMILES string of the molecule is CCCNC(Cc1cc(F)cc(F)c1)c1ncc[nH]1. The van der Waals surface area contributed by atoms with Crippen LogP contribution in [0.2, 0.25) is 0 Å². The monoisotopic (exact) mass is 265 g/mol. The van der Waals surface area contributed by atoms with Crippen molar-refractivity contribution in [1.29, 1.82) is 0 Å². The molecule has 1 aromatic heterocycles. The van der Waals surface area contributed by atoms with Crippen LogP contribution >= 0.6 is 0 Å². The van der Waals surface area contributed by atoms with Crippen molar-refractivity contribution >= 4 is 0 Å². The molecule has 0 radical (unpaired) electrons. The van der Waals surface area contributed by atoms with Crippen molar-refractivity contribution in [1.82, 2.24) is 15.3 Å². The molecule has 0 aliphatic rings. The molecule has 1 atom stereocenters. The highest BCUT2D eigenvalue weighted by Crippen LogP contribution is 2.17. The Bertz CT molecular complexity index is 491. The van der Waals surface area contributed by atoms with Gasteiger partial charge in [0, 0.05) is 18.5 Å². The van der Waals surface area contributed by atoms with Crippen LogP contribution in [0.4, 0.5) is 8.78 Å². The van der Waals surface area contributed by atoms with Crippen LogP contribution in [0.1, 0.15) is 30.8 Å². The number of imidazole rings is 1. The zero-order valence-electron chi connectivity index (χ0n) is 10.8. The predicted molar refractivity (Wildman–Crippen MR) is 69.7 cm³/mol. The van der Waals surface area contributed by atoms with Crippen molar-refractivity contribution in [3.63, 3.8) is 0 Å². The Hall–Kier alpha value is -1.75. The van der Waals surface area contributed by atoms with E-state index in [0.717, 1.165) is 24.9 Å². The number of nitrogens with one attached hydrogen (secondary N) is 2. The molecule has 0 saturated heterocycles. The van der Waals surface area contributed by atoms with Gasteiger partial charge in [-0.05, 0) is 37.1 Å². The van der Waals surface area contributed by atoms with E-state index in [1.807, 2.05) is 0 Å². The van der Waals surface area contributed by atoms with Crippen LogP contribution in [0.3, 0.4) is 0 Å². The molecule has 3 nitrogen and oxygen atoms in total. The predicted octanol–water partition coefficient (Wildman–Crippen LogP) is 2.97. The van der Waals surface area contributed by atoms with Crippen LogP contribution in [0.25, 0.3) is 0 Å². The molecule has 0 fully saturated rings. The Kier molecular flexibility index (Phi) is 4.63. The van der Waals surface area contributed by atoms with Gasteiger partial charge in [-0.15, -0.1) is 0 Å². The summed E-state index contributed by atoms with van der Waals surface area (Å²) in [5.41, 5.74) is 0.613. The van der Waals surface area contributed by atoms with Crippen molar-refractivity contribution in [2.45, 2.75) is 25.8 Å². The maximum atomic E-state index is 13.2. The highest BCUT2D eigenvalue weighted by molar-refractivity contribution is 5.20. The van der Waals surface area contributed by atoms with Crippen LogP contribution in [0.5, 0.6) is 0 Å². The number of aromatic amines is 1. The Morgan fingerprint density at radius 3 is 2.58 bits per heavy atom. The van der Waals surface area contributed by atoms with Gasteiger partial charge in [-0.1, -0.05) is 6.92 Å². The van der Waals surface area contributed by atoms with Crippen molar-refractivity contribution in [2.24, 2.45) is 0 Å². The first-order valence-corrected chi connectivity index (χ1v) is 6.36. The van der Waals surface area contributed by atoms with Crippen molar-refractivity contribution in [3.05, 3.63) is 53.6 Å². The fraction of sp³-hybridized carbons (Fsp3) is 0.357. The number of hydrogen-bond acceptors (Lipinski definition) is 2. The first-order chi connectivity index (χ1) is 9.19. The van der Waals surface area contributed by atoms with Gasteiger partial charge < -0.3 is 10.3 Å². The molecule has 2 aromatic rings. The minimum Gasteiger partial charge on any atom is -0.347 e. The zero-order valence-corrected chi connectivity index (χ0v) is 10.8. The number of aromatic nitrogens is 2. The standard InChI is InChI=1S/C14H17F2N3/c1-2-3-17-13(14-18-4-5-19-14)8-10-6-11(15)9-12(16)7-10/h4-7,9,13,17H,2-3,8H2,1H3,(H,18,19). The molecular weight excluding hydrogens is 248 g/mol. The lowest BCUT2D eigenvalue weighted by Gasteiger charge is -2.16. The number of halogens is 2. The van der Waals surface area contributed by atoms with E-state index in [2.05, 4.69) is 22.2 Å². The lowest BCUT2D eigenvalue weighted by atomic mass is 10.0. The molecule has 0 aliphatic heterocycles. The van der Waals surface area contributed by atoms with Gasteiger partial charge in [-0.25, -0.2) is 13.8 Å². The highest BCUT2D eigenvalue weighted by atomic mass is 19.1. The van der Waals surface area contributed by atoms with Crippen LogP contribution in [0.15, 0.2) is 30.6 Å². The molecule has 102 valence electrons. The van der Waals surface area contributed by atoms with E-state index in [1.165, 1.54) is 12.1 Å². The number of H-pyrrole nitrogens is 1. The molecule has 1 aromatic carbocycles. The number of hydrogen-bond donors (Lipinski definition) is 2. The van der Waals surface area contributed by atoms with Crippen molar-refractivity contribution < 1.29 is 8.78 Å². The van der Waals surface area contributed by atoms with Gasteiger partial charge >= 0.3 is 0 Å². The molecule has 5 heteroatoms. The maximum absolute atomic E-state index is 13.2. The minimum absolute atomic E-state index is 0.0730. The van der Waals surface area contributed by atoms with E-state index in [-0.39, 0.29) is 6.04 Å². The summed E-state index contributed by atoms with van der Waals surface area (Å²) in [5, 5.41) is 3.32. The number of rotatable bonds is 6. The molecule has 0 saturated carbocycles. The van der Waals surface area contributed by atoms with Gasteiger partial charge in [0.15, 0.2) is 0 Å². The normalized spacial score (nSPS) is 12.6. The van der Waals surface area contributed by atoms with Gasteiger partial charge in [-0.2, -0.15) is 0 Å². The quantitative estimate of drug-likeness (QED) is 0.843. The van der Waals surface area contributed by atoms with Gasteiger partial charge in [0.2, 0.25) is 0 Å². The third-order valence-electron chi connectivity index (χ3n) is 2.85. The summed E-state index contributed by atoms with van der Waals surface area (Å²) in [7, 11) is 0. The molecular formula is C14H17F2N3. The van der Waals surface area contributed by atoms with Crippen LogP contribution in [-0.4, -0.2) is 16.5 Å². The minimum atomic E-state index is -0.552. The summed E-state index contributed by atoms with van der Waals surface area (Å²) in [6, 6.07) is 3.51. The Morgan fingerprint density at radius 1 is 1.26 bits per heavy atom. The molecule has 0 aliphatic carbocycles. The van der Waals surface area contributed by atoms with E-state index in [0.29, 0.717) is 12.0 Å². The third-order valence-corrected chi connectivity index (χ3v) is 2.85. The average molecular weight is 265 g/mol. The van der Waals surface area contributed by atoms with Crippen molar-refractivity contribution in [3.8, 4) is 0 Å². The van der Waals surface area contributed by atoms with E-state index < -0.39 is 11.6 Å². The lowest BCUT2D eigenvalue weighted by Crippen LogP contribution is -2.25. The first-order valence-electron chi connectivity index (χ1n) is 6.36. The smallest absolute Gasteiger partial charge is 0.126 e. The molecule has 0 amide bonds. The maximum Gasteiger partial charge on any atom is 0.126 e. The summed E-state index contributed by atoms with van der Waals surface area (Å²) in [6.07, 6.45) is 4.88. The van der Waals surface area contributed by atoms with Crippen LogP contribution in [0, 0.1) is 11.6 Å². The summed E-state index contributed by atoms with van der Waals surface area (Å²) in [5.74, 6) is -0.328.